The Morgan fingerprint density at radius 3 is 2.18 bits per heavy atom. The zero-order chi connectivity index (χ0) is 8.85. The fourth-order valence-corrected chi connectivity index (χ4v) is 0.914. The Hall–Kier alpha value is -1.08. The topological polar surface area (TPSA) is 70.1 Å². The van der Waals surface area contributed by atoms with Crippen LogP contribution in [0.3, 0.4) is 0 Å². The van der Waals surface area contributed by atoms with Crippen LogP contribution in [0, 0.1) is 11.3 Å². The first-order valence-corrected chi connectivity index (χ1v) is 3.60. The van der Waals surface area contributed by atoms with E-state index in [4.69, 9.17) is 11.0 Å². The molecule has 0 aliphatic carbocycles. The molecule has 0 aromatic heterocycles. The number of primary amides is 1. The van der Waals surface area contributed by atoms with E-state index < -0.39 is 11.9 Å². The first-order valence-electron chi connectivity index (χ1n) is 3.60. The number of nitrogens with two attached hydrogens (primary N) is 1. The van der Waals surface area contributed by atoms with E-state index in [1.165, 1.54) is 0 Å². The van der Waals surface area contributed by atoms with Crippen LogP contribution in [-0.2, 0) is 4.79 Å². The van der Waals surface area contributed by atoms with Crippen molar-refractivity contribution in [2.24, 2.45) is 5.73 Å². The molecule has 0 radical (unpaired) electrons. The second-order valence-electron chi connectivity index (χ2n) is 2.16. The first kappa shape index (κ1) is 9.92. The summed E-state index contributed by atoms with van der Waals surface area (Å²) in [5, 5.41) is 8.54. The smallest absolute Gasteiger partial charge is 0.249 e. The fourth-order valence-electron chi connectivity index (χ4n) is 0.914. The van der Waals surface area contributed by atoms with Gasteiger partial charge in [0.15, 0.2) is 6.04 Å². The molecule has 0 aromatic rings. The largest absolute Gasteiger partial charge is 0.367 e. The molecule has 1 amide bonds. The molecule has 0 rings (SSSR count). The van der Waals surface area contributed by atoms with Crippen molar-refractivity contribution >= 4 is 5.91 Å². The number of nitriles is 1. The molecule has 0 aliphatic rings. The molecule has 62 valence electrons. The highest BCUT2D eigenvalue weighted by atomic mass is 16.1. The fraction of sp³-hybridized carbons (Fsp3) is 0.714. The number of rotatable bonds is 4. The van der Waals surface area contributed by atoms with Crippen molar-refractivity contribution < 1.29 is 4.79 Å². The molecule has 4 heteroatoms. The van der Waals surface area contributed by atoms with Crippen LogP contribution in [-0.4, -0.2) is 29.9 Å². The minimum absolute atomic E-state index is 0.573. The monoisotopic (exact) mass is 155 g/mol. The minimum Gasteiger partial charge on any atom is -0.367 e. The summed E-state index contributed by atoms with van der Waals surface area (Å²) in [5.41, 5.74) is 5.00. The van der Waals surface area contributed by atoms with Gasteiger partial charge in [0.05, 0.1) is 6.07 Å². The Morgan fingerprint density at radius 2 is 2.09 bits per heavy atom. The molecule has 1 unspecified atom stereocenters. The van der Waals surface area contributed by atoms with Gasteiger partial charge in [0.1, 0.15) is 0 Å². The van der Waals surface area contributed by atoms with Crippen molar-refractivity contribution in [1.29, 1.82) is 5.26 Å². The molecule has 2 N–H and O–H groups in total. The van der Waals surface area contributed by atoms with Gasteiger partial charge in [-0.3, -0.25) is 9.69 Å². The maximum atomic E-state index is 10.6. The third-order valence-corrected chi connectivity index (χ3v) is 1.57. The van der Waals surface area contributed by atoms with Crippen LogP contribution in [0.1, 0.15) is 13.8 Å². The van der Waals surface area contributed by atoms with Gasteiger partial charge in [-0.15, -0.1) is 0 Å². The van der Waals surface area contributed by atoms with Crippen LogP contribution >= 0.6 is 0 Å². The minimum atomic E-state index is -0.773. The van der Waals surface area contributed by atoms with E-state index in [0.717, 1.165) is 0 Å². The lowest BCUT2D eigenvalue weighted by atomic mass is 10.2. The van der Waals surface area contributed by atoms with Gasteiger partial charge in [0.25, 0.3) is 0 Å². The molecule has 0 aromatic carbocycles. The summed E-state index contributed by atoms with van der Waals surface area (Å²) >= 11 is 0. The number of amides is 1. The number of hydrogen-bond donors (Lipinski definition) is 1. The molecule has 0 heterocycles. The van der Waals surface area contributed by atoms with E-state index in [1.807, 2.05) is 19.9 Å². The van der Waals surface area contributed by atoms with Gasteiger partial charge in [-0.05, 0) is 13.1 Å². The molecule has 1 atom stereocenters. The Kier molecular flexibility index (Phi) is 4.23. The maximum absolute atomic E-state index is 10.6. The lowest BCUT2D eigenvalue weighted by molar-refractivity contribution is -0.121. The first-order chi connectivity index (χ1) is 5.17. The summed E-state index contributed by atoms with van der Waals surface area (Å²) in [7, 11) is 0. The Morgan fingerprint density at radius 1 is 1.64 bits per heavy atom. The molecule has 0 saturated carbocycles. The van der Waals surface area contributed by atoms with Crippen LogP contribution < -0.4 is 5.73 Å². The van der Waals surface area contributed by atoms with Gasteiger partial charge in [0.2, 0.25) is 5.91 Å². The van der Waals surface area contributed by atoms with Crippen LogP contribution in [0.25, 0.3) is 0 Å². The van der Waals surface area contributed by atoms with Gasteiger partial charge in [-0.2, -0.15) is 5.26 Å². The van der Waals surface area contributed by atoms with E-state index >= 15 is 0 Å². The molecule has 0 fully saturated rings. The Bertz CT molecular complexity index is 169. The molecule has 11 heavy (non-hydrogen) atoms. The van der Waals surface area contributed by atoms with Gasteiger partial charge < -0.3 is 5.73 Å². The summed E-state index contributed by atoms with van der Waals surface area (Å²) in [6.07, 6.45) is 0. The van der Waals surface area contributed by atoms with Crippen LogP contribution in [0.2, 0.25) is 0 Å². The number of nitrogens with zero attached hydrogens (tertiary/aromatic N) is 2. The van der Waals surface area contributed by atoms with Crippen LogP contribution in [0.4, 0.5) is 0 Å². The van der Waals surface area contributed by atoms with Crippen molar-refractivity contribution in [3.8, 4) is 6.07 Å². The van der Waals surface area contributed by atoms with Crippen LogP contribution in [0.15, 0.2) is 0 Å². The molecule has 0 spiro atoms. The van der Waals surface area contributed by atoms with E-state index in [1.54, 1.807) is 4.90 Å². The Balaban J connectivity index is 4.24. The van der Waals surface area contributed by atoms with Gasteiger partial charge in [-0.1, -0.05) is 13.8 Å². The zero-order valence-electron chi connectivity index (χ0n) is 6.87. The van der Waals surface area contributed by atoms with E-state index in [0.29, 0.717) is 13.1 Å². The number of carbonyl (C=O) groups excluding carboxylic acids is 1. The van der Waals surface area contributed by atoms with Crippen molar-refractivity contribution in [2.45, 2.75) is 19.9 Å². The van der Waals surface area contributed by atoms with Gasteiger partial charge in [-0.25, -0.2) is 0 Å². The summed E-state index contributed by atoms with van der Waals surface area (Å²) in [5.74, 6) is -0.573. The number of likely N-dealkylation sites (N-methyl/N-ethyl adjacent to an activating group) is 1. The molecule has 0 saturated heterocycles. The maximum Gasteiger partial charge on any atom is 0.249 e. The molecular formula is C7H13N3O. The van der Waals surface area contributed by atoms with Crippen LogP contribution in [0.5, 0.6) is 0 Å². The summed E-state index contributed by atoms with van der Waals surface area (Å²) in [6.45, 7) is 5.10. The van der Waals surface area contributed by atoms with E-state index in [-0.39, 0.29) is 0 Å². The lowest BCUT2D eigenvalue weighted by Crippen LogP contribution is -2.43. The zero-order valence-corrected chi connectivity index (χ0v) is 6.87. The lowest BCUT2D eigenvalue weighted by Gasteiger charge is -2.20. The van der Waals surface area contributed by atoms with E-state index in [2.05, 4.69) is 0 Å². The summed E-state index contributed by atoms with van der Waals surface area (Å²) < 4.78 is 0. The number of carbonyl (C=O) groups is 1. The van der Waals surface area contributed by atoms with Crippen molar-refractivity contribution in [2.75, 3.05) is 13.1 Å². The summed E-state index contributed by atoms with van der Waals surface area (Å²) in [4.78, 5) is 12.4. The average molecular weight is 155 g/mol. The highest BCUT2D eigenvalue weighted by Crippen LogP contribution is 1.95. The van der Waals surface area contributed by atoms with Gasteiger partial charge in [0, 0.05) is 0 Å². The molecule has 4 nitrogen and oxygen atoms in total. The van der Waals surface area contributed by atoms with E-state index in [9.17, 15) is 4.79 Å². The quantitative estimate of drug-likeness (QED) is 0.606. The number of hydrogen-bond acceptors (Lipinski definition) is 3. The van der Waals surface area contributed by atoms with Crippen molar-refractivity contribution in [3.05, 3.63) is 0 Å². The third kappa shape index (κ3) is 2.56. The molecule has 0 aliphatic heterocycles. The second kappa shape index (κ2) is 4.69. The van der Waals surface area contributed by atoms with Crippen molar-refractivity contribution in [1.82, 2.24) is 4.90 Å². The summed E-state index contributed by atoms with van der Waals surface area (Å²) in [6, 6.07) is 1.08. The Labute approximate surface area is 66.6 Å². The third-order valence-electron chi connectivity index (χ3n) is 1.57. The molecular weight excluding hydrogens is 142 g/mol. The normalized spacial score (nSPS) is 12.5. The standard InChI is InChI=1S/C7H13N3O/c1-3-10(4-2)6(5-8)7(9)11/h6H,3-4H2,1-2H3,(H2,9,11). The highest BCUT2D eigenvalue weighted by molar-refractivity contribution is 5.82. The second-order valence-corrected chi connectivity index (χ2v) is 2.16. The predicted octanol–water partition coefficient (Wildman–Crippen LogP) is -0.294. The van der Waals surface area contributed by atoms with Gasteiger partial charge >= 0.3 is 0 Å². The highest BCUT2D eigenvalue weighted by Gasteiger charge is 2.19. The molecule has 0 bridgehead atoms. The SMILES string of the molecule is CCN(CC)C(C#N)C(N)=O. The predicted molar refractivity (Wildman–Crippen MR) is 41.5 cm³/mol. The van der Waals surface area contributed by atoms with Crippen molar-refractivity contribution in [3.63, 3.8) is 0 Å². The average Bonchev–Trinajstić information content (AvgIpc) is 1.99.